The van der Waals surface area contributed by atoms with E-state index in [2.05, 4.69) is 10.6 Å². The van der Waals surface area contributed by atoms with Gasteiger partial charge in [-0.3, -0.25) is 0 Å². The largest absolute Gasteiger partial charge is 0.388 e. The zero-order valence-corrected chi connectivity index (χ0v) is 14.9. The zero-order valence-electron chi connectivity index (χ0n) is 14.9. The average Bonchev–Trinajstić information content (AvgIpc) is 2.61. The van der Waals surface area contributed by atoms with Crippen molar-refractivity contribution in [3.63, 3.8) is 0 Å². The Morgan fingerprint density at radius 1 is 1.08 bits per heavy atom. The number of hydrogen-bond acceptors (Lipinski definition) is 3. The maximum atomic E-state index is 12.2. The highest BCUT2D eigenvalue weighted by molar-refractivity contribution is 5.89. The molecule has 0 aromatic heterocycles. The summed E-state index contributed by atoms with van der Waals surface area (Å²) < 4.78 is 5.29. The van der Waals surface area contributed by atoms with Crippen LogP contribution >= 0.6 is 0 Å². The number of rotatable bonds is 7. The molecule has 134 valence electrons. The van der Waals surface area contributed by atoms with Gasteiger partial charge in [-0.25, -0.2) is 4.79 Å². The van der Waals surface area contributed by atoms with Crippen molar-refractivity contribution in [1.82, 2.24) is 5.32 Å². The van der Waals surface area contributed by atoms with Crippen LogP contribution in [0.1, 0.15) is 43.6 Å². The summed E-state index contributed by atoms with van der Waals surface area (Å²) >= 11 is 0. The molecule has 2 rings (SSSR count). The number of carbonyl (C=O) groups is 1. The topological polar surface area (TPSA) is 70.6 Å². The van der Waals surface area contributed by atoms with Gasteiger partial charge in [0, 0.05) is 18.8 Å². The maximum Gasteiger partial charge on any atom is 0.319 e. The van der Waals surface area contributed by atoms with Crippen molar-refractivity contribution in [2.45, 2.75) is 38.5 Å². The maximum absolute atomic E-state index is 12.2. The molecule has 2 aromatic rings. The third kappa shape index (κ3) is 5.89. The highest BCUT2D eigenvalue weighted by atomic mass is 16.5. The molecule has 0 fully saturated rings. The Kier molecular flexibility index (Phi) is 6.98. The van der Waals surface area contributed by atoms with E-state index in [4.69, 9.17) is 4.74 Å². The lowest BCUT2D eigenvalue weighted by atomic mass is 10.0. The molecule has 5 heteroatoms. The molecule has 2 aromatic carbocycles. The summed E-state index contributed by atoms with van der Waals surface area (Å²) in [5.41, 5.74) is 2.54. The average molecular weight is 342 g/mol. The Hall–Kier alpha value is -2.37. The summed E-state index contributed by atoms with van der Waals surface area (Å²) in [6.07, 6.45) is -0.204. The number of urea groups is 1. The minimum atomic E-state index is -0.609. The lowest BCUT2D eigenvalue weighted by Gasteiger charge is -2.19. The van der Waals surface area contributed by atoms with Crippen molar-refractivity contribution < 1.29 is 14.6 Å². The number of methoxy groups -OCH3 is 1. The summed E-state index contributed by atoms with van der Waals surface area (Å²) in [4.78, 5) is 12.2. The zero-order chi connectivity index (χ0) is 18.2. The molecular weight excluding hydrogens is 316 g/mol. The summed E-state index contributed by atoms with van der Waals surface area (Å²) in [6.45, 7) is 3.82. The van der Waals surface area contributed by atoms with Crippen LogP contribution in [-0.2, 0) is 4.74 Å². The first-order chi connectivity index (χ1) is 12.0. The van der Waals surface area contributed by atoms with Gasteiger partial charge in [-0.15, -0.1) is 0 Å². The van der Waals surface area contributed by atoms with Crippen molar-refractivity contribution in [1.29, 1.82) is 0 Å². The predicted octanol–water partition coefficient (Wildman–Crippen LogP) is 4.03. The monoisotopic (exact) mass is 342 g/mol. The van der Waals surface area contributed by atoms with E-state index in [0.29, 0.717) is 12.1 Å². The highest BCUT2D eigenvalue weighted by Gasteiger charge is 2.14. The Labute approximate surface area is 149 Å². The number of aliphatic hydroxyl groups is 1. The van der Waals surface area contributed by atoms with Crippen LogP contribution in [0.4, 0.5) is 10.5 Å². The third-order valence-corrected chi connectivity index (χ3v) is 4.11. The number of anilines is 1. The number of ether oxygens (including phenoxy) is 1. The molecule has 0 aliphatic rings. The summed E-state index contributed by atoms with van der Waals surface area (Å²) in [5, 5.41) is 15.9. The van der Waals surface area contributed by atoms with E-state index in [9.17, 15) is 9.90 Å². The third-order valence-electron chi connectivity index (χ3n) is 4.11. The fourth-order valence-corrected chi connectivity index (χ4v) is 2.60. The van der Waals surface area contributed by atoms with Crippen LogP contribution in [0.3, 0.4) is 0 Å². The van der Waals surface area contributed by atoms with Crippen LogP contribution < -0.4 is 10.6 Å². The van der Waals surface area contributed by atoms with Crippen molar-refractivity contribution in [2.24, 2.45) is 0 Å². The lowest BCUT2D eigenvalue weighted by molar-refractivity contribution is 0.119. The second-order valence-electron chi connectivity index (χ2n) is 6.17. The molecule has 0 saturated carbocycles. The van der Waals surface area contributed by atoms with Gasteiger partial charge in [-0.05, 0) is 43.5 Å². The Morgan fingerprint density at radius 3 is 2.44 bits per heavy atom. The van der Waals surface area contributed by atoms with E-state index < -0.39 is 6.10 Å². The fraction of sp³-hybridized carbons (Fsp3) is 0.350. The number of nitrogens with one attached hydrogen (secondary N) is 2. The van der Waals surface area contributed by atoms with Crippen molar-refractivity contribution in [3.8, 4) is 0 Å². The SMILES string of the molecule is COC(C)c1cccc(NC(=O)NC(C)CC(O)c2ccccc2)c1. The van der Waals surface area contributed by atoms with Gasteiger partial charge in [0.15, 0.2) is 0 Å². The second-order valence-corrected chi connectivity index (χ2v) is 6.17. The summed E-state index contributed by atoms with van der Waals surface area (Å²) in [6, 6.07) is 16.5. The summed E-state index contributed by atoms with van der Waals surface area (Å²) in [5.74, 6) is 0. The van der Waals surface area contributed by atoms with Crippen LogP contribution in [-0.4, -0.2) is 24.3 Å². The van der Waals surface area contributed by atoms with Crippen LogP contribution in [0, 0.1) is 0 Å². The molecule has 0 bridgehead atoms. The molecule has 0 aliphatic heterocycles. The molecule has 0 spiro atoms. The predicted molar refractivity (Wildman–Crippen MR) is 99.5 cm³/mol. The van der Waals surface area contributed by atoms with Crippen LogP contribution in [0.25, 0.3) is 0 Å². The summed E-state index contributed by atoms with van der Waals surface area (Å²) in [7, 11) is 1.65. The van der Waals surface area contributed by atoms with E-state index in [-0.39, 0.29) is 18.2 Å². The molecule has 0 saturated heterocycles. The minimum Gasteiger partial charge on any atom is -0.388 e. The second kappa shape index (κ2) is 9.20. The van der Waals surface area contributed by atoms with E-state index in [1.54, 1.807) is 7.11 Å². The first-order valence-corrected chi connectivity index (χ1v) is 8.43. The van der Waals surface area contributed by atoms with Crippen LogP contribution in [0.15, 0.2) is 54.6 Å². The molecule has 0 heterocycles. The molecule has 0 aliphatic carbocycles. The molecule has 3 unspecified atom stereocenters. The normalized spacial score (nSPS) is 14.4. The van der Waals surface area contributed by atoms with Gasteiger partial charge in [0.05, 0.1) is 12.2 Å². The lowest BCUT2D eigenvalue weighted by Crippen LogP contribution is -2.37. The van der Waals surface area contributed by atoms with E-state index in [0.717, 1.165) is 11.1 Å². The van der Waals surface area contributed by atoms with Crippen LogP contribution in [0.2, 0.25) is 0 Å². The van der Waals surface area contributed by atoms with E-state index in [1.165, 1.54) is 0 Å². The number of benzene rings is 2. The van der Waals surface area contributed by atoms with Gasteiger partial charge in [-0.1, -0.05) is 42.5 Å². The number of carbonyl (C=O) groups excluding carboxylic acids is 1. The fourth-order valence-electron chi connectivity index (χ4n) is 2.60. The Balaban J connectivity index is 1.87. The molecule has 3 atom stereocenters. The van der Waals surface area contributed by atoms with Gasteiger partial charge in [0.1, 0.15) is 0 Å². The minimum absolute atomic E-state index is 0.0373. The molecule has 2 amide bonds. The van der Waals surface area contributed by atoms with Gasteiger partial charge in [-0.2, -0.15) is 0 Å². The number of aliphatic hydroxyl groups excluding tert-OH is 1. The standard InChI is InChI=1S/C20H26N2O3/c1-14(12-19(23)16-8-5-4-6-9-16)21-20(24)22-18-11-7-10-17(13-18)15(2)25-3/h4-11,13-15,19,23H,12H2,1-3H3,(H2,21,22,24). The highest BCUT2D eigenvalue weighted by Crippen LogP contribution is 2.20. The van der Waals surface area contributed by atoms with E-state index >= 15 is 0 Å². The van der Waals surface area contributed by atoms with Gasteiger partial charge in [0.2, 0.25) is 0 Å². The first kappa shape index (κ1) is 19.0. The number of hydrogen-bond donors (Lipinski definition) is 3. The Morgan fingerprint density at radius 2 is 1.76 bits per heavy atom. The van der Waals surface area contributed by atoms with Crippen molar-refractivity contribution >= 4 is 11.7 Å². The van der Waals surface area contributed by atoms with Gasteiger partial charge >= 0.3 is 6.03 Å². The molecular formula is C20H26N2O3. The molecule has 3 N–H and O–H groups in total. The molecule has 0 radical (unpaired) electrons. The smallest absolute Gasteiger partial charge is 0.319 e. The van der Waals surface area contributed by atoms with Gasteiger partial charge in [0.25, 0.3) is 0 Å². The molecule has 5 nitrogen and oxygen atoms in total. The van der Waals surface area contributed by atoms with Crippen LogP contribution in [0.5, 0.6) is 0 Å². The quantitative estimate of drug-likeness (QED) is 0.711. The first-order valence-electron chi connectivity index (χ1n) is 8.43. The van der Waals surface area contributed by atoms with Gasteiger partial charge < -0.3 is 20.5 Å². The number of amides is 2. The van der Waals surface area contributed by atoms with Crippen molar-refractivity contribution in [3.05, 3.63) is 65.7 Å². The molecule has 25 heavy (non-hydrogen) atoms. The van der Waals surface area contributed by atoms with Crippen molar-refractivity contribution in [2.75, 3.05) is 12.4 Å². The Bertz CT molecular complexity index is 676. The van der Waals surface area contributed by atoms with E-state index in [1.807, 2.05) is 68.4 Å².